The summed E-state index contributed by atoms with van der Waals surface area (Å²) in [4.78, 5) is 29.1. The van der Waals surface area contributed by atoms with Crippen LogP contribution < -0.4 is 10.1 Å². The summed E-state index contributed by atoms with van der Waals surface area (Å²) in [6.07, 6.45) is 5.35. The number of carbonyl (C=O) groups is 2. The van der Waals surface area contributed by atoms with Crippen LogP contribution in [0.1, 0.15) is 48.0 Å². The van der Waals surface area contributed by atoms with Crippen molar-refractivity contribution in [2.24, 2.45) is 0 Å². The van der Waals surface area contributed by atoms with Crippen LogP contribution in [-0.4, -0.2) is 61.1 Å². The average Bonchev–Trinajstić information content (AvgIpc) is 3.02. The summed E-state index contributed by atoms with van der Waals surface area (Å²) >= 11 is 0. The van der Waals surface area contributed by atoms with Gasteiger partial charge in [-0.05, 0) is 38.3 Å². The zero-order valence-electron chi connectivity index (χ0n) is 15.8. The largest absolute Gasteiger partial charge is 0.496 e. The molecule has 2 fully saturated rings. The van der Waals surface area contributed by atoms with Crippen LogP contribution in [0.15, 0.2) is 18.2 Å². The minimum Gasteiger partial charge on any atom is -0.496 e. The Labute approximate surface area is 155 Å². The Kier molecular flexibility index (Phi) is 6.01. The highest BCUT2D eigenvalue weighted by atomic mass is 16.5. The Balaban J connectivity index is 1.62. The molecule has 1 N–H and O–H groups in total. The van der Waals surface area contributed by atoms with Gasteiger partial charge in [0.05, 0.1) is 12.7 Å². The molecule has 0 radical (unpaired) electrons. The van der Waals surface area contributed by atoms with Crippen LogP contribution in [0, 0.1) is 6.92 Å². The standard InChI is InChI=1S/C20H29N3O3/c1-15-8-9-18(26-2)17(14-15)19(24)22-10-5-11-23(13-12-22)20(25)21-16-6-3-4-7-16/h8-9,14,16H,3-7,10-13H2,1-2H3,(H,21,25). The van der Waals surface area contributed by atoms with Crippen molar-refractivity contribution in [1.29, 1.82) is 0 Å². The molecular formula is C20H29N3O3. The predicted molar refractivity (Wildman–Crippen MR) is 101 cm³/mol. The second-order valence-electron chi connectivity index (χ2n) is 7.27. The summed E-state index contributed by atoms with van der Waals surface area (Å²) in [6, 6.07) is 5.98. The number of urea groups is 1. The quantitative estimate of drug-likeness (QED) is 0.903. The van der Waals surface area contributed by atoms with Crippen molar-refractivity contribution in [3.63, 3.8) is 0 Å². The predicted octanol–water partition coefficient (Wildman–Crippen LogP) is 2.80. The van der Waals surface area contributed by atoms with Crippen LogP contribution in [0.25, 0.3) is 0 Å². The van der Waals surface area contributed by atoms with Crippen molar-refractivity contribution in [1.82, 2.24) is 15.1 Å². The molecule has 0 aromatic heterocycles. The highest BCUT2D eigenvalue weighted by Gasteiger charge is 2.26. The van der Waals surface area contributed by atoms with Gasteiger partial charge in [-0.25, -0.2) is 4.79 Å². The molecule has 26 heavy (non-hydrogen) atoms. The molecule has 3 rings (SSSR count). The molecule has 6 heteroatoms. The second kappa shape index (κ2) is 8.43. The lowest BCUT2D eigenvalue weighted by molar-refractivity contribution is 0.0758. The molecule has 1 saturated heterocycles. The number of methoxy groups -OCH3 is 1. The van der Waals surface area contributed by atoms with E-state index < -0.39 is 0 Å². The summed E-state index contributed by atoms with van der Waals surface area (Å²) in [5.74, 6) is 0.573. The molecule has 0 atom stereocenters. The molecule has 1 saturated carbocycles. The topological polar surface area (TPSA) is 61.9 Å². The van der Waals surface area contributed by atoms with Gasteiger partial charge < -0.3 is 19.9 Å². The maximum atomic E-state index is 13.0. The average molecular weight is 359 g/mol. The third kappa shape index (κ3) is 4.29. The first-order valence-corrected chi connectivity index (χ1v) is 9.58. The van der Waals surface area contributed by atoms with Crippen LogP contribution in [0.2, 0.25) is 0 Å². The smallest absolute Gasteiger partial charge is 0.317 e. The van der Waals surface area contributed by atoms with Gasteiger partial charge in [-0.2, -0.15) is 0 Å². The zero-order valence-corrected chi connectivity index (χ0v) is 15.8. The van der Waals surface area contributed by atoms with Gasteiger partial charge in [0.1, 0.15) is 5.75 Å². The lowest BCUT2D eigenvalue weighted by Gasteiger charge is -2.24. The van der Waals surface area contributed by atoms with Crippen molar-refractivity contribution in [2.45, 2.75) is 45.1 Å². The molecule has 1 aromatic carbocycles. The minimum absolute atomic E-state index is 0.0133. The normalized spacial score (nSPS) is 18.5. The molecule has 3 amide bonds. The molecule has 6 nitrogen and oxygen atoms in total. The summed E-state index contributed by atoms with van der Waals surface area (Å²) in [6.45, 7) is 4.43. The minimum atomic E-state index is -0.0244. The number of aryl methyl sites for hydroxylation is 1. The van der Waals surface area contributed by atoms with Crippen molar-refractivity contribution >= 4 is 11.9 Å². The number of carbonyl (C=O) groups excluding carboxylic acids is 2. The number of amides is 3. The second-order valence-corrected chi connectivity index (χ2v) is 7.27. The molecule has 0 spiro atoms. The van der Waals surface area contributed by atoms with E-state index in [1.165, 1.54) is 12.8 Å². The van der Waals surface area contributed by atoms with Gasteiger partial charge in [0.25, 0.3) is 5.91 Å². The Morgan fingerprint density at radius 2 is 1.73 bits per heavy atom. The van der Waals surface area contributed by atoms with Gasteiger partial charge in [0, 0.05) is 32.2 Å². The number of nitrogens with one attached hydrogen (secondary N) is 1. The van der Waals surface area contributed by atoms with E-state index in [0.29, 0.717) is 43.5 Å². The number of nitrogens with zero attached hydrogens (tertiary/aromatic N) is 2. The Hall–Kier alpha value is -2.24. The fraction of sp³-hybridized carbons (Fsp3) is 0.600. The summed E-state index contributed by atoms with van der Waals surface area (Å²) in [5.41, 5.74) is 1.62. The molecule has 1 aliphatic carbocycles. The highest BCUT2D eigenvalue weighted by molar-refractivity contribution is 5.97. The molecule has 142 valence electrons. The molecule has 1 aromatic rings. The third-order valence-electron chi connectivity index (χ3n) is 5.34. The number of benzene rings is 1. The van der Waals surface area contributed by atoms with E-state index >= 15 is 0 Å². The van der Waals surface area contributed by atoms with Crippen molar-refractivity contribution in [2.75, 3.05) is 33.3 Å². The van der Waals surface area contributed by atoms with Crippen molar-refractivity contribution in [3.05, 3.63) is 29.3 Å². The van der Waals surface area contributed by atoms with Gasteiger partial charge in [-0.15, -0.1) is 0 Å². The number of rotatable bonds is 3. The van der Waals surface area contributed by atoms with E-state index in [1.807, 2.05) is 34.9 Å². The van der Waals surface area contributed by atoms with E-state index in [2.05, 4.69) is 5.32 Å². The lowest BCUT2D eigenvalue weighted by atomic mass is 10.1. The van der Waals surface area contributed by atoms with Crippen molar-refractivity contribution < 1.29 is 14.3 Å². The molecule has 2 aliphatic rings. The molecule has 0 bridgehead atoms. The first-order valence-electron chi connectivity index (χ1n) is 9.58. The van der Waals surface area contributed by atoms with E-state index in [0.717, 1.165) is 24.8 Å². The van der Waals surface area contributed by atoms with Gasteiger partial charge in [0.2, 0.25) is 0 Å². The summed E-state index contributed by atoms with van der Waals surface area (Å²) in [7, 11) is 1.58. The maximum Gasteiger partial charge on any atom is 0.317 e. The maximum absolute atomic E-state index is 13.0. The first kappa shape index (κ1) is 18.5. The summed E-state index contributed by atoms with van der Waals surface area (Å²) in [5, 5.41) is 3.14. The van der Waals surface area contributed by atoms with Gasteiger partial charge in [0.15, 0.2) is 0 Å². The van der Waals surface area contributed by atoms with Gasteiger partial charge in [-0.1, -0.05) is 24.5 Å². The van der Waals surface area contributed by atoms with E-state index in [4.69, 9.17) is 4.74 Å². The number of ether oxygens (including phenoxy) is 1. The van der Waals surface area contributed by atoms with E-state index in [9.17, 15) is 9.59 Å². The Morgan fingerprint density at radius 3 is 2.46 bits per heavy atom. The fourth-order valence-corrected chi connectivity index (χ4v) is 3.82. The molecule has 1 aliphatic heterocycles. The SMILES string of the molecule is COc1ccc(C)cc1C(=O)N1CCCN(C(=O)NC2CCCC2)CC1. The highest BCUT2D eigenvalue weighted by Crippen LogP contribution is 2.22. The summed E-state index contributed by atoms with van der Waals surface area (Å²) < 4.78 is 5.36. The third-order valence-corrected chi connectivity index (χ3v) is 5.34. The Bertz CT molecular complexity index is 656. The van der Waals surface area contributed by atoms with Crippen LogP contribution in [0.3, 0.4) is 0 Å². The van der Waals surface area contributed by atoms with Crippen LogP contribution in [0.4, 0.5) is 4.79 Å². The molecular weight excluding hydrogens is 330 g/mol. The molecule has 0 unspecified atom stereocenters. The van der Waals surface area contributed by atoms with Crippen LogP contribution in [-0.2, 0) is 0 Å². The van der Waals surface area contributed by atoms with Crippen LogP contribution in [0.5, 0.6) is 5.75 Å². The fourth-order valence-electron chi connectivity index (χ4n) is 3.82. The number of hydrogen-bond acceptors (Lipinski definition) is 3. The molecule has 1 heterocycles. The Morgan fingerprint density at radius 1 is 1.04 bits per heavy atom. The lowest BCUT2D eigenvalue weighted by Crippen LogP contribution is -2.45. The monoisotopic (exact) mass is 359 g/mol. The number of hydrogen-bond donors (Lipinski definition) is 1. The van der Waals surface area contributed by atoms with Gasteiger partial charge >= 0.3 is 6.03 Å². The van der Waals surface area contributed by atoms with Crippen molar-refractivity contribution in [3.8, 4) is 5.75 Å². The van der Waals surface area contributed by atoms with Gasteiger partial charge in [-0.3, -0.25) is 4.79 Å². The van der Waals surface area contributed by atoms with E-state index in [1.54, 1.807) is 7.11 Å². The zero-order chi connectivity index (χ0) is 18.5. The first-order chi connectivity index (χ1) is 12.6. The van der Waals surface area contributed by atoms with E-state index in [-0.39, 0.29) is 11.9 Å². The van der Waals surface area contributed by atoms with Crippen LogP contribution >= 0.6 is 0 Å².